The summed E-state index contributed by atoms with van der Waals surface area (Å²) in [7, 11) is 0. The normalized spacial score (nSPS) is 19.9. The van der Waals surface area contributed by atoms with Crippen molar-refractivity contribution in [2.75, 3.05) is 37.6 Å². The average molecular weight is 301 g/mol. The number of piperidine rings is 1. The molecule has 122 valence electrons. The number of nitrogens with one attached hydrogen (secondary N) is 1. The van der Waals surface area contributed by atoms with E-state index in [1.807, 2.05) is 0 Å². The molecule has 3 nitrogen and oxygen atoms in total. The Hall–Kier alpha value is -1.06. The van der Waals surface area contributed by atoms with E-state index in [9.17, 15) is 0 Å². The number of anilines is 1. The molecular formula is C19H31N3. The van der Waals surface area contributed by atoms with Gasteiger partial charge in [0.1, 0.15) is 0 Å². The third kappa shape index (κ3) is 3.82. The van der Waals surface area contributed by atoms with E-state index in [2.05, 4.69) is 53.2 Å². The van der Waals surface area contributed by atoms with Crippen LogP contribution < -0.4 is 10.2 Å². The molecule has 2 heterocycles. The number of hydrogen-bond acceptors (Lipinski definition) is 3. The Morgan fingerprint density at radius 3 is 2.68 bits per heavy atom. The molecule has 0 aliphatic carbocycles. The third-order valence-corrected chi connectivity index (χ3v) is 5.28. The van der Waals surface area contributed by atoms with Gasteiger partial charge >= 0.3 is 0 Å². The van der Waals surface area contributed by atoms with Crippen LogP contribution >= 0.6 is 0 Å². The largest absolute Gasteiger partial charge is 0.371 e. The maximum Gasteiger partial charge on any atom is 0.0399 e. The second kappa shape index (κ2) is 7.47. The summed E-state index contributed by atoms with van der Waals surface area (Å²) in [6.45, 7) is 10.7. The summed E-state index contributed by atoms with van der Waals surface area (Å²) in [6, 6.07) is 10.3. The zero-order valence-electron chi connectivity index (χ0n) is 14.2. The second-order valence-corrected chi connectivity index (χ2v) is 7.08. The highest BCUT2D eigenvalue weighted by atomic mass is 15.2. The van der Waals surface area contributed by atoms with E-state index in [1.165, 1.54) is 63.1 Å². The van der Waals surface area contributed by atoms with Gasteiger partial charge in [-0.15, -0.1) is 0 Å². The fourth-order valence-corrected chi connectivity index (χ4v) is 3.83. The van der Waals surface area contributed by atoms with Gasteiger partial charge < -0.3 is 15.1 Å². The van der Waals surface area contributed by atoms with Gasteiger partial charge in [0.15, 0.2) is 0 Å². The van der Waals surface area contributed by atoms with Gasteiger partial charge in [-0.3, -0.25) is 0 Å². The molecule has 0 bridgehead atoms. The first-order chi connectivity index (χ1) is 10.7. The van der Waals surface area contributed by atoms with Crippen molar-refractivity contribution in [1.29, 1.82) is 0 Å². The van der Waals surface area contributed by atoms with Gasteiger partial charge in [0.25, 0.3) is 0 Å². The van der Waals surface area contributed by atoms with E-state index in [1.54, 1.807) is 0 Å². The lowest BCUT2D eigenvalue weighted by Crippen LogP contribution is -2.45. The van der Waals surface area contributed by atoms with Crippen LogP contribution in [0.2, 0.25) is 0 Å². The number of para-hydroxylation sites is 1. The van der Waals surface area contributed by atoms with Crippen LogP contribution in [0.4, 0.5) is 5.69 Å². The molecule has 0 unspecified atom stereocenters. The van der Waals surface area contributed by atoms with Crippen molar-refractivity contribution in [3.8, 4) is 0 Å². The standard InChI is InChI=1S/C19H31N3/c1-16(2)21-14-9-18(10-15-21)20-11-5-12-22-13-8-17-6-3-4-7-19(17)22/h3-4,6-7,16,18,20H,5,8-15H2,1-2H3. The van der Waals surface area contributed by atoms with E-state index >= 15 is 0 Å². The Morgan fingerprint density at radius 1 is 1.14 bits per heavy atom. The van der Waals surface area contributed by atoms with Crippen molar-refractivity contribution < 1.29 is 0 Å². The molecule has 0 aromatic heterocycles. The smallest absolute Gasteiger partial charge is 0.0399 e. The topological polar surface area (TPSA) is 18.5 Å². The first kappa shape index (κ1) is 15.8. The summed E-state index contributed by atoms with van der Waals surface area (Å²) in [4.78, 5) is 5.15. The minimum atomic E-state index is 0.705. The predicted octanol–water partition coefficient (Wildman–Crippen LogP) is 2.90. The maximum atomic E-state index is 3.78. The summed E-state index contributed by atoms with van der Waals surface area (Å²) < 4.78 is 0. The first-order valence-corrected chi connectivity index (χ1v) is 9.04. The Balaban J connectivity index is 1.34. The van der Waals surface area contributed by atoms with Crippen LogP contribution in [-0.2, 0) is 6.42 Å². The molecule has 22 heavy (non-hydrogen) atoms. The highest BCUT2D eigenvalue weighted by Gasteiger charge is 2.21. The Bertz CT molecular complexity index is 464. The highest BCUT2D eigenvalue weighted by Crippen LogP contribution is 2.27. The SMILES string of the molecule is CC(C)N1CCC(NCCCN2CCc3ccccc32)CC1. The van der Waals surface area contributed by atoms with Crippen LogP contribution in [0.5, 0.6) is 0 Å². The fourth-order valence-electron chi connectivity index (χ4n) is 3.83. The van der Waals surface area contributed by atoms with Gasteiger partial charge in [-0.1, -0.05) is 18.2 Å². The minimum Gasteiger partial charge on any atom is -0.371 e. The molecule has 2 aliphatic heterocycles. The molecule has 0 spiro atoms. The van der Waals surface area contributed by atoms with Crippen LogP contribution in [-0.4, -0.2) is 49.7 Å². The predicted molar refractivity (Wildman–Crippen MR) is 94.7 cm³/mol. The van der Waals surface area contributed by atoms with E-state index in [0.29, 0.717) is 6.04 Å². The van der Waals surface area contributed by atoms with Crippen molar-refractivity contribution in [3.63, 3.8) is 0 Å². The molecule has 0 saturated carbocycles. The monoisotopic (exact) mass is 301 g/mol. The van der Waals surface area contributed by atoms with Crippen LogP contribution in [0.1, 0.15) is 38.7 Å². The summed E-state index contributed by atoms with van der Waals surface area (Å²) in [5, 5.41) is 3.78. The lowest BCUT2D eigenvalue weighted by molar-refractivity contribution is 0.161. The van der Waals surface area contributed by atoms with Crippen LogP contribution in [0.3, 0.4) is 0 Å². The maximum absolute atomic E-state index is 3.78. The summed E-state index contributed by atoms with van der Waals surface area (Å²) in [5.74, 6) is 0. The highest BCUT2D eigenvalue weighted by molar-refractivity contribution is 5.57. The quantitative estimate of drug-likeness (QED) is 0.815. The number of rotatable bonds is 6. The Kier molecular flexibility index (Phi) is 5.37. The van der Waals surface area contributed by atoms with Gasteiger partial charge in [-0.05, 0) is 70.8 Å². The van der Waals surface area contributed by atoms with Gasteiger partial charge in [0, 0.05) is 30.9 Å². The van der Waals surface area contributed by atoms with E-state index in [4.69, 9.17) is 0 Å². The van der Waals surface area contributed by atoms with Crippen molar-refractivity contribution in [3.05, 3.63) is 29.8 Å². The van der Waals surface area contributed by atoms with Gasteiger partial charge in [0.2, 0.25) is 0 Å². The van der Waals surface area contributed by atoms with Crippen molar-refractivity contribution in [2.45, 2.75) is 51.6 Å². The summed E-state index contributed by atoms with van der Waals surface area (Å²) in [6.07, 6.45) is 5.09. The van der Waals surface area contributed by atoms with E-state index in [0.717, 1.165) is 12.6 Å². The van der Waals surface area contributed by atoms with Crippen LogP contribution in [0, 0.1) is 0 Å². The molecule has 0 atom stereocenters. The molecule has 1 aromatic rings. The fraction of sp³-hybridized carbons (Fsp3) is 0.684. The van der Waals surface area contributed by atoms with E-state index in [-0.39, 0.29) is 0 Å². The molecule has 1 saturated heterocycles. The van der Waals surface area contributed by atoms with Crippen molar-refractivity contribution in [2.24, 2.45) is 0 Å². The number of benzene rings is 1. The van der Waals surface area contributed by atoms with Gasteiger partial charge in [0.05, 0.1) is 0 Å². The molecule has 1 N–H and O–H groups in total. The zero-order valence-corrected chi connectivity index (χ0v) is 14.2. The van der Waals surface area contributed by atoms with Crippen LogP contribution in [0.15, 0.2) is 24.3 Å². The van der Waals surface area contributed by atoms with Gasteiger partial charge in [-0.25, -0.2) is 0 Å². The molecule has 0 amide bonds. The number of likely N-dealkylation sites (tertiary alicyclic amines) is 1. The number of hydrogen-bond donors (Lipinski definition) is 1. The Labute approximate surface area is 135 Å². The average Bonchev–Trinajstić information content (AvgIpc) is 2.95. The second-order valence-electron chi connectivity index (χ2n) is 7.08. The first-order valence-electron chi connectivity index (χ1n) is 9.04. The molecule has 0 radical (unpaired) electrons. The lowest BCUT2D eigenvalue weighted by atomic mass is 10.0. The Morgan fingerprint density at radius 2 is 1.91 bits per heavy atom. The third-order valence-electron chi connectivity index (χ3n) is 5.28. The molecular weight excluding hydrogens is 270 g/mol. The summed E-state index contributed by atoms with van der Waals surface area (Å²) >= 11 is 0. The minimum absolute atomic E-state index is 0.705. The lowest BCUT2D eigenvalue weighted by Gasteiger charge is -2.35. The molecule has 1 aromatic carbocycles. The van der Waals surface area contributed by atoms with Crippen molar-refractivity contribution >= 4 is 5.69 Å². The molecule has 2 aliphatic rings. The zero-order chi connectivity index (χ0) is 15.4. The summed E-state index contributed by atoms with van der Waals surface area (Å²) in [5.41, 5.74) is 2.99. The molecule has 3 rings (SSSR count). The number of nitrogens with zero attached hydrogens (tertiary/aromatic N) is 2. The van der Waals surface area contributed by atoms with Crippen LogP contribution in [0.25, 0.3) is 0 Å². The molecule has 3 heteroatoms. The van der Waals surface area contributed by atoms with E-state index < -0.39 is 0 Å². The van der Waals surface area contributed by atoms with Gasteiger partial charge in [-0.2, -0.15) is 0 Å². The van der Waals surface area contributed by atoms with Crippen molar-refractivity contribution in [1.82, 2.24) is 10.2 Å². The molecule has 1 fully saturated rings. The number of fused-ring (bicyclic) bond motifs is 1.